The van der Waals surface area contributed by atoms with Gasteiger partial charge in [-0.1, -0.05) is 6.92 Å². The molecule has 1 aromatic heterocycles. The third-order valence-corrected chi connectivity index (χ3v) is 2.95. The average Bonchev–Trinajstić information content (AvgIpc) is 2.49. The van der Waals surface area contributed by atoms with Gasteiger partial charge in [-0.15, -0.1) is 0 Å². The van der Waals surface area contributed by atoms with Crippen LogP contribution in [-0.2, 0) is 13.6 Å². The van der Waals surface area contributed by atoms with Crippen LogP contribution < -0.4 is 5.73 Å². The Balaban J connectivity index is 1.88. The average molecular weight is 195 g/mol. The lowest BCUT2D eigenvalue weighted by atomic mass is 9.88. The lowest BCUT2D eigenvalue weighted by Crippen LogP contribution is -2.66. The van der Waals surface area contributed by atoms with Crippen molar-refractivity contribution in [3.8, 4) is 0 Å². The molecule has 1 aromatic rings. The number of hydrogen-bond donors (Lipinski definition) is 1. The van der Waals surface area contributed by atoms with Crippen LogP contribution in [0.5, 0.6) is 0 Å². The molecule has 0 aromatic carbocycles. The van der Waals surface area contributed by atoms with Crippen LogP contribution in [0.3, 0.4) is 0 Å². The molecular weight excluding hydrogens is 178 g/mol. The highest BCUT2D eigenvalue weighted by Gasteiger charge is 2.37. The van der Waals surface area contributed by atoms with Crippen molar-refractivity contribution in [3.63, 3.8) is 0 Å². The molecule has 0 saturated carbocycles. The molecule has 0 aliphatic carbocycles. The van der Waals surface area contributed by atoms with E-state index in [0.717, 1.165) is 31.9 Å². The summed E-state index contributed by atoms with van der Waals surface area (Å²) < 4.78 is 1.81. The van der Waals surface area contributed by atoms with Crippen molar-refractivity contribution in [2.24, 2.45) is 12.8 Å². The van der Waals surface area contributed by atoms with Crippen molar-refractivity contribution in [1.29, 1.82) is 0 Å². The van der Waals surface area contributed by atoms with Gasteiger partial charge in [-0.3, -0.25) is 9.58 Å². The van der Waals surface area contributed by atoms with E-state index in [1.165, 1.54) is 0 Å². The van der Waals surface area contributed by atoms with Gasteiger partial charge in [-0.2, -0.15) is 5.10 Å². The minimum Gasteiger partial charge on any atom is -0.323 e. The molecule has 78 valence electrons. The van der Waals surface area contributed by atoms with Crippen LogP contribution in [0.4, 0.5) is 0 Å². The Morgan fingerprint density at radius 1 is 1.57 bits per heavy atom. The SMILES string of the molecule is CCC1(N)CN(Cc2ncnn2C)C1. The third kappa shape index (κ3) is 1.65. The summed E-state index contributed by atoms with van der Waals surface area (Å²) in [6, 6.07) is 0. The van der Waals surface area contributed by atoms with Crippen LogP contribution in [0.25, 0.3) is 0 Å². The molecule has 1 aliphatic rings. The number of aryl methyl sites for hydroxylation is 1. The maximum absolute atomic E-state index is 6.07. The zero-order valence-corrected chi connectivity index (χ0v) is 8.77. The van der Waals surface area contributed by atoms with Gasteiger partial charge in [0, 0.05) is 25.7 Å². The zero-order valence-electron chi connectivity index (χ0n) is 8.77. The summed E-state index contributed by atoms with van der Waals surface area (Å²) in [6.07, 6.45) is 2.63. The molecule has 2 rings (SSSR count). The summed E-state index contributed by atoms with van der Waals surface area (Å²) in [6.45, 7) is 4.93. The molecule has 0 spiro atoms. The second-order valence-electron chi connectivity index (χ2n) is 4.16. The number of likely N-dealkylation sites (tertiary alicyclic amines) is 1. The Morgan fingerprint density at radius 2 is 2.29 bits per heavy atom. The number of hydrogen-bond acceptors (Lipinski definition) is 4. The quantitative estimate of drug-likeness (QED) is 0.722. The maximum atomic E-state index is 6.07. The molecule has 2 N–H and O–H groups in total. The molecule has 1 saturated heterocycles. The molecule has 0 radical (unpaired) electrons. The van der Waals surface area contributed by atoms with Crippen molar-refractivity contribution in [2.45, 2.75) is 25.4 Å². The topological polar surface area (TPSA) is 60.0 Å². The van der Waals surface area contributed by atoms with E-state index in [0.29, 0.717) is 0 Å². The zero-order chi connectivity index (χ0) is 10.2. The van der Waals surface area contributed by atoms with E-state index in [4.69, 9.17) is 5.73 Å². The molecule has 5 heteroatoms. The van der Waals surface area contributed by atoms with Gasteiger partial charge in [0.15, 0.2) is 0 Å². The van der Waals surface area contributed by atoms with Crippen LogP contribution in [0, 0.1) is 0 Å². The number of nitrogens with two attached hydrogens (primary N) is 1. The Labute approximate surface area is 83.9 Å². The highest BCUT2D eigenvalue weighted by atomic mass is 15.3. The number of rotatable bonds is 3. The predicted molar refractivity (Wildman–Crippen MR) is 53.5 cm³/mol. The van der Waals surface area contributed by atoms with E-state index >= 15 is 0 Å². The fourth-order valence-corrected chi connectivity index (χ4v) is 1.84. The summed E-state index contributed by atoms with van der Waals surface area (Å²) in [5.74, 6) is 1.00. The standard InChI is InChI=1S/C9H17N5/c1-3-9(10)5-14(6-9)4-8-11-7-12-13(8)2/h7H,3-6,10H2,1-2H3. The first-order valence-corrected chi connectivity index (χ1v) is 4.97. The minimum atomic E-state index is 0.0403. The minimum absolute atomic E-state index is 0.0403. The Morgan fingerprint density at radius 3 is 2.79 bits per heavy atom. The maximum Gasteiger partial charge on any atom is 0.140 e. The van der Waals surface area contributed by atoms with Gasteiger partial charge in [-0.25, -0.2) is 4.98 Å². The first-order chi connectivity index (χ1) is 6.63. The monoisotopic (exact) mass is 195 g/mol. The summed E-state index contributed by atoms with van der Waals surface area (Å²) >= 11 is 0. The van der Waals surface area contributed by atoms with Crippen molar-refractivity contribution in [3.05, 3.63) is 12.2 Å². The highest BCUT2D eigenvalue weighted by molar-refractivity contribution is 5.00. The van der Waals surface area contributed by atoms with Gasteiger partial charge in [0.05, 0.1) is 6.54 Å². The summed E-state index contributed by atoms with van der Waals surface area (Å²) in [5, 5.41) is 4.03. The molecule has 0 amide bonds. The Bertz CT molecular complexity index is 313. The van der Waals surface area contributed by atoms with E-state index in [-0.39, 0.29) is 5.54 Å². The van der Waals surface area contributed by atoms with E-state index in [1.54, 1.807) is 6.33 Å². The van der Waals surface area contributed by atoms with Gasteiger partial charge in [0.25, 0.3) is 0 Å². The van der Waals surface area contributed by atoms with Gasteiger partial charge >= 0.3 is 0 Å². The first kappa shape index (κ1) is 9.61. The van der Waals surface area contributed by atoms with Crippen molar-refractivity contribution < 1.29 is 0 Å². The predicted octanol–water partition coefficient (Wildman–Crippen LogP) is -0.262. The van der Waals surface area contributed by atoms with Crippen molar-refractivity contribution in [2.75, 3.05) is 13.1 Å². The van der Waals surface area contributed by atoms with Crippen molar-refractivity contribution >= 4 is 0 Å². The molecular formula is C9H17N5. The molecule has 1 aliphatic heterocycles. The normalized spacial score (nSPS) is 20.8. The largest absolute Gasteiger partial charge is 0.323 e. The Hall–Kier alpha value is -0.940. The van der Waals surface area contributed by atoms with E-state index in [9.17, 15) is 0 Å². The van der Waals surface area contributed by atoms with Crippen LogP contribution >= 0.6 is 0 Å². The van der Waals surface area contributed by atoms with Crippen LogP contribution in [-0.4, -0.2) is 38.3 Å². The number of aromatic nitrogens is 3. The van der Waals surface area contributed by atoms with E-state index < -0.39 is 0 Å². The van der Waals surface area contributed by atoms with Crippen LogP contribution in [0.1, 0.15) is 19.2 Å². The lowest BCUT2D eigenvalue weighted by molar-refractivity contribution is 0.0572. The summed E-state index contributed by atoms with van der Waals surface area (Å²) in [4.78, 5) is 6.48. The van der Waals surface area contributed by atoms with E-state index in [2.05, 4.69) is 21.9 Å². The molecule has 0 atom stereocenters. The van der Waals surface area contributed by atoms with Crippen LogP contribution in [0.15, 0.2) is 6.33 Å². The highest BCUT2D eigenvalue weighted by Crippen LogP contribution is 2.22. The molecule has 14 heavy (non-hydrogen) atoms. The molecule has 1 fully saturated rings. The lowest BCUT2D eigenvalue weighted by Gasteiger charge is -2.47. The Kier molecular flexibility index (Phi) is 2.28. The van der Waals surface area contributed by atoms with Gasteiger partial charge < -0.3 is 5.73 Å². The summed E-state index contributed by atoms with van der Waals surface area (Å²) in [7, 11) is 1.91. The third-order valence-electron chi connectivity index (χ3n) is 2.95. The van der Waals surface area contributed by atoms with Gasteiger partial charge in [-0.05, 0) is 6.42 Å². The second-order valence-corrected chi connectivity index (χ2v) is 4.16. The van der Waals surface area contributed by atoms with E-state index in [1.807, 2.05) is 11.7 Å². The fraction of sp³-hybridized carbons (Fsp3) is 0.778. The molecule has 0 unspecified atom stereocenters. The second kappa shape index (κ2) is 3.33. The van der Waals surface area contributed by atoms with Gasteiger partial charge in [0.1, 0.15) is 12.2 Å². The number of nitrogens with zero attached hydrogens (tertiary/aromatic N) is 4. The van der Waals surface area contributed by atoms with Crippen LogP contribution in [0.2, 0.25) is 0 Å². The molecule has 5 nitrogen and oxygen atoms in total. The first-order valence-electron chi connectivity index (χ1n) is 4.97. The summed E-state index contributed by atoms with van der Waals surface area (Å²) in [5.41, 5.74) is 6.12. The van der Waals surface area contributed by atoms with Crippen molar-refractivity contribution in [1.82, 2.24) is 19.7 Å². The molecule has 0 bridgehead atoms. The van der Waals surface area contributed by atoms with Gasteiger partial charge in [0.2, 0.25) is 0 Å². The smallest absolute Gasteiger partial charge is 0.140 e. The fourth-order valence-electron chi connectivity index (χ4n) is 1.84. The molecule has 2 heterocycles.